The van der Waals surface area contributed by atoms with E-state index in [0.717, 1.165) is 21.7 Å². The summed E-state index contributed by atoms with van der Waals surface area (Å²) in [7, 11) is 0. The number of thiol groups is 1. The second kappa shape index (κ2) is 7.76. The monoisotopic (exact) mass is 376 g/mol. The third-order valence-corrected chi connectivity index (χ3v) is 4.80. The lowest BCUT2D eigenvalue weighted by molar-refractivity contribution is 1.34. The first kappa shape index (κ1) is 18.9. The Kier molecular flexibility index (Phi) is 5.42. The van der Waals surface area contributed by atoms with Crippen LogP contribution in [0.5, 0.6) is 0 Å². The van der Waals surface area contributed by atoms with Gasteiger partial charge in [0.2, 0.25) is 0 Å². The zero-order valence-corrected chi connectivity index (χ0v) is 16.6. The van der Waals surface area contributed by atoms with Crippen molar-refractivity contribution in [1.82, 2.24) is 0 Å². The van der Waals surface area contributed by atoms with E-state index in [1.54, 1.807) is 0 Å². The molecule has 4 nitrogen and oxygen atoms in total. The summed E-state index contributed by atoms with van der Waals surface area (Å²) < 4.78 is 0. The first-order valence-electron chi connectivity index (χ1n) is 8.72. The molecule has 0 saturated carbocycles. The van der Waals surface area contributed by atoms with Gasteiger partial charge in [-0.3, -0.25) is 0 Å². The Morgan fingerprint density at radius 3 is 2.19 bits per heavy atom. The van der Waals surface area contributed by atoms with Gasteiger partial charge in [0, 0.05) is 10.6 Å². The number of nitrogens with two attached hydrogens (primary N) is 2. The van der Waals surface area contributed by atoms with Crippen LogP contribution in [0.2, 0.25) is 0 Å². The van der Waals surface area contributed by atoms with Crippen molar-refractivity contribution in [2.24, 2.45) is 10.7 Å². The zero-order chi connectivity index (χ0) is 19.6. The van der Waals surface area contributed by atoms with Crippen LogP contribution in [0.3, 0.4) is 0 Å². The molecule has 0 amide bonds. The van der Waals surface area contributed by atoms with E-state index in [2.05, 4.69) is 61.9 Å². The van der Waals surface area contributed by atoms with E-state index in [1.165, 1.54) is 16.7 Å². The fourth-order valence-corrected chi connectivity index (χ4v) is 3.31. The summed E-state index contributed by atoms with van der Waals surface area (Å²) in [6, 6.07) is 17.8. The second-order valence-corrected chi connectivity index (χ2v) is 7.18. The second-order valence-electron chi connectivity index (χ2n) is 6.66. The van der Waals surface area contributed by atoms with Gasteiger partial charge in [0.15, 0.2) is 5.96 Å². The summed E-state index contributed by atoms with van der Waals surface area (Å²) in [6.45, 7) is 6.29. The van der Waals surface area contributed by atoms with Crippen LogP contribution in [0.4, 0.5) is 17.1 Å². The molecule has 138 valence electrons. The van der Waals surface area contributed by atoms with Crippen molar-refractivity contribution in [2.45, 2.75) is 25.7 Å². The average Bonchev–Trinajstić information content (AvgIpc) is 2.61. The van der Waals surface area contributed by atoms with Crippen molar-refractivity contribution >= 4 is 35.7 Å². The van der Waals surface area contributed by atoms with Gasteiger partial charge in [-0.05, 0) is 85.0 Å². The molecule has 0 aliphatic rings. The van der Waals surface area contributed by atoms with E-state index in [9.17, 15) is 0 Å². The van der Waals surface area contributed by atoms with Gasteiger partial charge in [-0.25, -0.2) is 4.99 Å². The number of aliphatic imine (C=N–C) groups is 1. The van der Waals surface area contributed by atoms with Crippen LogP contribution < -0.4 is 16.8 Å². The van der Waals surface area contributed by atoms with Crippen molar-refractivity contribution in [3.63, 3.8) is 0 Å². The highest BCUT2D eigenvalue weighted by Gasteiger charge is 2.11. The lowest BCUT2D eigenvalue weighted by Crippen LogP contribution is -2.22. The van der Waals surface area contributed by atoms with Gasteiger partial charge in [0.05, 0.1) is 11.4 Å². The van der Waals surface area contributed by atoms with E-state index < -0.39 is 0 Å². The summed E-state index contributed by atoms with van der Waals surface area (Å²) in [5.74, 6) is 0.285. The highest BCUT2D eigenvalue weighted by atomic mass is 32.1. The number of anilines is 2. The molecule has 0 aromatic heterocycles. The topological polar surface area (TPSA) is 76.4 Å². The molecule has 0 unspecified atom stereocenters. The number of hydrogen-bond acceptors (Lipinski definition) is 3. The van der Waals surface area contributed by atoms with Gasteiger partial charge >= 0.3 is 0 Å². The van der Waals surface area contributed by atoms with Crippen LogP contribution in [0.15, 0.2) is 64.5 Å². The van der Waals surface area contributed by atoms with E-state index in [-0.39, 0.29) is 5.96 Å². The smallest absolute Gasteiger partial charge is 0.198 e. The molecule has 5 N–H and O–H groups in total. The summed E-state index contributed by atoms with van der Waals surface area (Å²) in [4.78, 5) is 5.34. The minimum Gasteiger partial charge on any atom is -0.397 e. The third kappa shape index (κ3) is 4.26. The average molecular weight is 377 g/mol. The van der Waals surface area contributed by atoms with Crippen molar-refractivity contribution in [3.05, 3.63) is 71.3 Å². The zero-order valence-electron chi connectivity index (χ0n) is 15.7. The van der Waals surface area contributed by atoms with Crippen LogP contribution in [0.1, 0.15) is 16.7 Å². The molecule has 3 aromatic carbocycles. The summed E-state index contributed by atoms with van der Waals surface area (Å²) in [6.07, 6.45) is 0. The predicted octanol–water partition coefficient (Wildman–Crippen LogP) is 5.21. The largest absolute Gasteiger partial charge is 0.397 e. The number of nitrogen functional groups attached to an aromatic ring is 1. The van der Waals surface area contributed by atoms with Gasteiger partial charge in [-0.1, -0.05) is 18.2 Å². The fraction of sp³-hybridized carbons (Fsp3) is 0.136. The molecule has 0 bridgehead atoms. The normalized spacial score (nSPS) is 11.5. The molecule has 0 saturated heterocycles. The molecule has 0 radical (unpaired) electrons. The molecular weight excluding hydrogens is 352 g/mol. The van der Waals surface area contributed by atoms with E-state index in [1.807, 2.05) is 36.4 Å². The number of aryl methyl sites for hydroxylation is 3. The number of guanidine groups is 1. The first-order valence-corrected chi connectivity index (χ1v) is 9.17. The SMILES string of the molecule is Cc1cc(N=C(N)Nc2ccc(S)cc2)c(N)cc1-c1c(C)cccc1C. The number of hydrogen-bond donors (Lipinski definition) is 4. The number of rotatable bonds is 3. The Hall–Kier alpha value is -2.92. The number of nitrogens with zero attached hydrogens (tertiary/aromatic N) is 1. The fourth-order valence-electron chi connectivity index (χ4n) is 3.17. The molecule has 3 aromatic rings. The van der Waals surface area contributed by atoms with Gasteiger partial charge in [-0.15, -0.1) is 12.6 Å². The molecule has 0 aliphatic heterocycles. The third-order valence-electron chi connectivity index (χ3n) is 4.50. The van der Waals surface area contributed by atoms with Gasteiger partial charge in [0.25, 0.3) is 0 Å². The highest BCUT2D eigenvalue weighted by molar-refractivity contribution is 7.80. The Bertz CT molecular complexity index is 987. The Balaban J connectivity index is 1.94. The summed E-state index contributed by atoms with van der Waals surface area (Å²) in [5, 5.41) is 3.07. The predicted molar refractivity (Wildman–Crippen MR) is 119 cm³/mol. The molecule has 0 aliphatic carbocycles. The van der Waals surface area contributed by atoms with E-state index in [0.29, 0.717) is 11.4 Å². The minimum absolute atomic E-state index is 0.285. The van der Waals surface area contributed by atoms with Crippen LogP contribution in [-0.2, 0) is 0 Å². The molecule has 5 heteroatoms. The van der Waals surface area contributed by atoms with Gasteiger partial charge < -0.3 is 16.8 Å². The Labute approximate surface area is 165 Å². The number of nitrogens with one attached hydrogen (secondary N) is 1. The van der Waals surface area contributed by atoms with Gasteiger partial charge in [0.1, 0.15) is 0 Å². The quantitative estimate of drug-likeness (QED) is 0.219. The molecular formula is C22H24N4S. The van der Waals surface area contributed by atoms with Crippen molar-refractivity contribution in [3.8, 4) is 11.1 Å². The van der Waals surface area contributed by atoms with Crippen molar-refractivity contribution in [1.29, 1.82) is 0 Å². The Morgan fingerprint density at radius 2 is 1.56 bits per heavy atom. The summed E-state index contributed by atoms with van der Waals surface area (Å²) in [5.41, 5.74) is 20.3. The minimum atomic E-state index is 0.285. The lowest BCUT2D eigenvalue weighted by Gasteiger charge is -2.15. The maximum absolute atomic E-state index is 6.29. The maximum atomic E-state index is 6.29. The standard InChI is InChI=1S/C22H24N4S/c1-13-5-4-6-14(2)21(13)18-12-19(23)20(11-15(18)3)26-22(24)25-16-7-9-17(27)10-8-16/h4-12,27H,23H2,1-3H3,(H3,24,25,26). The van der Waals surface area contributed by atoms with Gasteiger partial charge in [-0.2, -0.15) is 0 Å². The van der Waals surface area contributed by atoms with Crippen LogP contribution in [-0.4, -0.2) is 5.96 Å². The maximum Gasteiger partial charge on any atom is 0.198 e. The Morgan fingerprint density at radius 1 is 0.926 bits per heavy atom. The van der Waals surface area contributed by atoms with Crippen LogP contribution in [0.25, 0.3) is 11.1 Å². The molecule has 0 spiro atoms. The highest BCUT2D eigenvalue weighted by Crippen LogP contribution is 2.35. The number of benzene rings is 3. The summed E-state index contributed by atoms with van der Waals surface area (Å²) >= 11 is 4.28. The molecule has 27 heavy (non-hydrogen) atoms. The molecule has 0 atom stereocenters. The molecule has 3 rings (SSSR count). The van der Waals surface area contributed by atoms with Crippen molar-refractivity contribution in [2.75, 3.05) is 11.1 Å². The van der Waals surface area contributed by atoms with Crippen LogP contribution >= 0.6 is 12.6 Å². The van der Waals surface area contributed by atoms with Crippen molar-refractivity contribution < 1.29 is 0 Å². The van der Waals surface area contributed by atoms with E-state index in [4.69, 9.17) is 11.5 Å². The lowest BCUT2D eigenvalue weighted by atomic mass is 9.92. The van der Waals surface area contributed by atoms with E-state index >= 15 is 0 Å². The van der Waals surface area contributed by atoms with Crippen LogP contribution in [0, 0.1) is 20.8 Å². The first-order chi connectivity index (χ1) is 12.8. The molecule has 0 heterocycles. The molecule has 0 fully saturated rings.